The fourth-order valence-corrected chi connectivity index (χ4v) is 1.50. The van der Waals surface area contributed by atoms with Crippen molar-refractivity contribution >= 4 is 0 Å². The van der Waals surface area contributed by atoms with E-state index in [1.807, 2.05) is 24.4 Å². The summed E-state index contributed by atoms with van der Waals surface area (Å²) in [5.74, 6) is 0.740. The maximum atomic E-state index is 8.82. The molecule has 1 aliphatic rings. The van der Waals surface area contributed by atoms with Crippen LogP contribution in [0.3, 0.4) is 0 Å². The molecule has 1 heterocycles. The lowest BCUT2D eigenvalue weighted by molar-refractivity contribution is 0.490. The molecule has 1 rings (SSSR count). The number of rotatable bonds is 0. The van der Waals surface area contributed by atoms with Crippen LogP contribution in [0.2, 0.25) is 0 Å². The van der Waals surface area contributed by atoms with Crippen LogP contribution in [0.5, 0.6) is 0 Å². The number of hydrogen-bond acceptors (Lipinski definition) is 2. The lowest BCUT2D eigenvalue weighted by Crippen LogP contribution is -2.10. The fourth-order valence-electron chi connectivity index (χ4n) is 1.50. The van der Waals surface area contributed by atoms with Gasteiger partial charge in [0.15, 0.2) is 0 Å². The largest absolute Gasteiger partial charge is 0.391 e. The van der Waals surface area contributed by atoms with Crippen molar-refractivity contribution in [2.45, 2.75) is 26.2 Å². The second-order valence-electron chi connectivity index (χ2n) is 3.92. The Bertz CT molecular complexity index is 305. The predicted octanol–water partition coefficient (Wildman–Crippen LogP) is 2.92. The van der Waals surface area contributed by atoms with Crippen LogP contribution in [-0.4, -0.2) is 6.54 Å². The molecule has 0 bridgehead atoms. The second-order valence-corrected chi connectivity index (χ2v) is 3.92. The van der Waals surface area contributed by atoms with E-state index in [2.05, 4.69) is 24.4 Å². The van der Waals surface area contributed by atoms with Crippen molar-refractivity contribution in [3.05, 3.63) is 36.1 Å². The smallest absolute Gasteiger partial charge is 0.0991 e. The van der Waals surface area contributed by atoms with Crippen molar-refractivity contribution in [2.75, 3.05) is 6.54 Å². The number of hydrogen-bond donors (Lipinski definition) is 1. The Kier molecular flexibility index (Phi) is 5.32. The molecular formula is C13H18N2. The highest BCUT2D eigenvalue weighted by Crippen LogP contribution is 2.11. The molecule has 0 fully saturated rings. The Morgan fingerprint density at radius 1 is 1.47 bits per heavy atom. The van der Waals surface area contributed by atoms with Crippen molar-refractivity contribution in [3.8, 4) is 6.07 Å². The van der Waals surface area contributed by atoms with Gasteiger partial charge < -0.3 is 5.32 Å². The highest BCUT2D eigenvalue weighted by atomic mass is 14.8. The summed E-state index contributed by atoms with van der Waals surface area (Å²) in [5, 5.41) is 12.0. The van der Waals surface area contributed by atoms with Crippen LogP contribution in [0, 0.1) is 17.2 Å². The third-order valence-electron chi connectivity index (χ3n) is 2.52. The van der Waals surface area contributed by atoms with E-state index < -0.39 is 0 Å². The van der Waals surface area contributed by atoms with E-state index in [1.165, 1.54) is 12.8 Å². The molecule has 0 aliphatic carbocycles. The van der Waals surface area contributed by atoms with Crippen molar-refractivity contribution in [1.82, 2.24) is 5.32 Å². The molecule has 0 amide bonds. The molecule has 15 heavy (non-hydrogen) atoms. The highest BCUT2D eigenvalue weighted by molar-refractivity contribution is 5.35. The molecule has 0 aromatic carbocycles. The summed E-state index contributed by atoms with van der Waals surface area (Å²) in [6.45, 7) is 3.28. The van der Waals surface area contributed by atoms with E-state index in [0.29, 0.717) is 5.57 Å². The van der Waals surface area contributed by atoms with E-state index >= 15 is 0 Å². The van der Waals surface area contributed by atoms with Crippen molar-refractivity contribution in [2.24, 2.45) is 5.92 Å². The van der Waals surface area contributed by atoms with E-state index in [-0.39, 0.29) is 0 Å². The Morgan fingerprint density at radius 3 is 3.13 bits per heavy atom. The summed E-state index contributed by atoms with van der Waals surface area (Å²) in [6, 6.07) is 2.16. The average molecular weight is 202 g/mol. The molecular weight excluding hydrogens is 184 g/mol. The zero-order valence-corrected chi connectivity index (χ0v) is 9.24. The van der Waals surface area contributed by atoms with Gasteiger partial charge >= 0.3 is 0 Å². The van der Waals surface area contributed by atoms with Crippen LogP contribution < -0.4 is 5.32 Å². The molecule has 0 saturated carbocycles. The van der Waals surface area contributed by atoms with E-state index in [9.17, 15) is 0 Å². The topological polar surface area (TPSA) is 35.8 Å². The Hall–Kier alpha value is -1.49. The minimum absolute atomic E-state index is 0.710. The van der Waals surface area contributed by atoms with Gasteiger partial charge in [0, 0.05) is 6.54 Å². The van der Waals surface area contributed by atoms with Gasteiger partial charge in [-0.1, -0.05) is 13.0 Å². The minimum Gasteiger partial charge on any atom is -0.391 e. The van der Waals surface area contributed by atoms with Gasteiger partial charge in [0.2, 0.25) is 0 Å². The molecule has 0 spiro atoms. The van der Waals surface area contributed by atoms with Crippen molar-refractivity contribution < 1.29 is 0 Å². The third kappa shape index (κ3) is 5.07. The summed E-state index contributed by atoms with van der Waals surface area (Å²) in [6.07, 6.45) is 13.1. The van der Waals surface area contributed by atoms with Gasteiger partial charge in [0.25, 0.3) is 0 Å². The number of nitrogens with zero attached hydrogens (tertiary/aromatic N) is 1. The van der Waals surface area contributed by atoms with Crippen LogP contribution in [0.15, 0.2) is 36.1 Å². The molecule has 0 aromatic heterocycles. The van der Waals surface area contributed by atoms with Crippen LogP contribution >= 0.6 is 0 Å². The molecule has 1 atom stereocenters. The molecule has 0 saturated heterocycles. The third-order valence-corrected chi connectivity index (χ3v) is 2.52. The second kappa shape index (κ2) is 6.89. The molecule has 0 radical (unpaired) electrons. The van der Waals surface area contributed by atoms with Crippen LogP contribution in [-0.2, 0) is 0 Å². The number of nitrogens with one attached hydrogen (secondary N) is 1. The summed E-state index contributed by atoms with van der Waals surface area (Å²) in [5.41, 5.74) is 0.710. The SMILES string of the molecule is CC1CC\C=C/C(C#N)=C\C=C\NCC1. The Morgan fingerprint density at radius 2 is 2.33 bits per heavy atom. The summed E-state index contributed by atoms with van der Waals surface area (Å²) >= 11 is 0. The maximum absolute atomic E-state index is 8.82. The maximum Gasteiger partial charge on any atom is 0.0991 e. The standard InChI is InChI=1S/C13H18N2/c1-12-5-2-3-6-13(11-14)7-4-9-15-10-8-12/h3-4,6-7,9,12,15H,2,5,8,10H2,1H3/b6-3-,9-4+,13-7+. The van der Waals surface area contributed by atoms with Crippen molar-refractivity contribution in [3.63, 3.8) is 0 Å². The van der Waals surface area contributed by atoms with E-state index in [1.54, 1.807) is 0 Å². The van der Waals surface area contributed by atoms with Gasteiger partial charge in [-0.2, -0.15) is 5.26 Å². The lowest BCUT2D eigenvalue weighted by Gasteiger charge is -2.09. The Labute approximate surface area is 92.0 Å². The predicted molar refractivity (Wildman–Crippen MR) is 63.0 cm³/mol. The van der Waals surface area contributed by atoms with Gasteiger partial charge in [-0.25, -0.2) is 0 Å². The lowest BCUT2D eigenvalue weighted by atomic mass is 10.0. The van der Waals surface area contributed by atoms with Gasteiger partial charge in [0.05, 0.1) is 11.6 Å². The monoisotopic (exact) mass is 202 g/mol. The highest BCUT2D eigenvalue weighted by Gasteiger charge is 1.99. The van der Waals surface area contributed by atoms with Crippen LogP contribution in [0.1, 0.15) is 26.2 Å². The first-order chi connectivity index (χ1) is 7.33. The number of nitriles is 1. The fraction of sp³-hybridized carbons (Fsp3) is 0.462. The normalized spacial score (nSPS) is 30.7. The first-order valence-corrected chi connectivity index (χ1v) is 5.50. The van der Waals surface area contributed by atoms with Gasteiger partial charge in [-0.15, -0.1) is 0 Å². The van der Waals surface area contributed by atoms with Gasteiger partial charge in [-0.3, -0.25) is 0 Å². The molecule has 1 N–H and O–H groups in total. The molecule has 2 heteroatoms. The number of allylic oxidation sites excluding steroid dienone is 5. The minimum atomic E-state index is 0.710. The molecule has 80 valence electrons. The quantitative estimate of drug-likeness (QED) is 0.655. The molecule has 1 aliphatic heterocycles. The molecule has 2 nitrogen and oxygen atoms in total. The Balaban J connectivity index is 2.63. The first kappa shape index (κ1) is 11.6. The summed E-state index contributed by atoms with van der Waals surface area (Å²) in [7, 11) is 0. The van der Waals surface area contributed by atoms with Crippen LogP contribution in [0.25, 0.3) is 0 Å². The van der Waals surface area contributed by atoms with Crippen LogP contribution in [0.4, 0.5) is 0 Å². The zero-order valence-electron chi connectivity index (χ0n) is 9.24. The first-order valence-electron chi connectivity index (χ1n) is 5.50. The zero-order chi connectivity index (χ0) is 10.9. The van der Waals surface area contributed by atoms with Crippen molar-refractivity contribution in [1.29, 1.82) is 5.26 Å². The molecule has 1 unspecified atom stereocenters. The summed E-state index contributed by atoms with van der Waals surface area (Å²) < 4.78 is 0. The van der Waals surface area contributed by atoms with Gasteiger partial charge in [0.1, 0.15) is 0 Å². The molecule has 0 aromatic rings. The van der Waals surface area contributed by atoms with E-state index in [4.69, 9.17) is 5.26 Å². The summed E-state index contributed by atoms with van der Waals surface area (Å²) in [4.78, 5) is 0. The van der Waals surface area contributed by atoms with Gasteiger partial charge in [-0.05, 0) is 49.6 Å². The average Bonchev–Trinajstić information content (AvgIpc) is 2.23. The van der Waals surface area contributed by atoms with E-state index in [0.717, 1.165) is 18.9 Å².